The molecule has 1 unspecified atom stereocenters. The van der Waals surface area contributed by atoms with Gasteiger partial charge >= 0.3 is 12.2 Å². The van der Waals surface area contributed by atoms with E-state index >= 15 is 0 Å². The monoisotopic (exact) mass is 281 g/mol. The second-order valence-corrected chi connectivity index (χ2v) is 4.83. The summed E-state index contributed by atoms with van der Waals surface area (Å²) in [6.07, 6.45) is -2.40. The fourth-order valence-corrected chi connectivity index (χ4v) is 2.02. The number of hydrogen-bond acceptors (Lipinski definition) is 3. The SMILES string of the molecule is CC1CCCN(CC(=O)NC(=O)NCC(F)(F)F)C1. The topological polar surface area (TPSA) is 61.4 Å². The fourth-order valence-electron chi connectivity index (χ4n) is 2.02. The van der Waals surface area contributed by atoms with Crippen LogP contribution in [0.5, 0.6) is 0 Å². The van der Waals surface area contributed by atoms with E-state index in [-0.39, 0.29) is 6.54 Å². The van der Waals surface area contributed by atoms with E-state index < -0.39 is 24.7 Å². The van der Waals surface area contributed by atoms with Gasteiger partial charge in [-0.1, -0.05) is 6.92 Å². The predicted octanol–water partition coefficient (Wildman–Crippen LogP) is 1.11. The summed E-state index contributed by atoms with van der Waals surface area (Å²) in [7, 11) is 0. The molecule has 1 rings (SSSR count). The highest BCUT2D eigenvalue weighted by atomic mass is 19.4. The van der Waals surface area contributed by atoms with Gasteiger partial charge in [0.05, 0.1) is 6.54 Å². The molecule has 5 nitrogen and oxygen atoms in total. The largest absolute Gasteiger partial charge is 0.405 e. The molecule has 1 fully saturated rings. The van der Waals surface area contributed by atoms with Gasteiger partial charge in [0.1, 0.15) is 6.54 Å². The Labute approximate surface area is 109 Å². The summed E-state index contributed by atoms with van der Waals surface area (Å²) < 4.78 is 35.5. The number of alkyl halides is 3. The summed E-state index contributed by atoms with van der Waals surface area (Å²) in [5.74, 6) is -0.102. The number of likely N-dealkylation sites (tertiary alicyclic amines) is 1. The van der Waals surface area contributed by atoms with E-state index in [9.17, 15) is 22.8 Å². The molecule has 0 radical (unpaired) electrons. The predicted molar refractivity (Wildman–Crippen MR) is 62.4 cm³/mol. The van der Waals surface area contributed by atoms with Crippen molar-refractivity contribution in [2.75, 3.05) is 26.2 Å². The van der Waals surface area contributed by atoms with Crippen molar-refractivity contribution in [3.05, 3.63) is 0 Å². The molecule has 1 saturated heterocycles. The van der Waals surface area contributed by atoms with Crippen molar-refractivity contribution in [3.8, 4) is 0 Å². The van der Waals surface area contributed by atoms with Crippen molar-refractivity contribution < 1.29 is 22.8 Å². The molecule has 1 aliphatic heterocycles. The van der Waals surface area contributed by atoms with Gasteiger partial charge in [0, 0.05) is 6.54 Å². The summed E-state index contributed by atoms with van der Waals surface area (Å²) in [5.41, 5.74) is 0. The number of halogens is 3. The van der Waals surface area contributed by atoms with Gasteiger partial charge in [-0.05, 0) is 25.3 Å². The first-order valence-corrected chi connectivity index (χ1v) is 6.13. The third-order valence-electron chi connectivity index (χ3n) is 2.81. The summed E-state index contributed by atoms with van der Waals surface area (Å²) in [4.78, 5) is 24.4. The number of carbonyl (C=O) groups is 2. The van der Waals surface area contributed by atoms with E-state index in [4.69, 9.17) is 0 Å². The van der Waals surface area contributed by atoms with Crippen molar-refractivity contribution in [2.45, 2.75) is 25.9 Å². The summed E-state index contributed by atoms with van der Waals surface area (Å²) in [6, 6.07) is -1.12. The van der Waals surface area contributed by atoms with Crippen LogP contribution in [-0.4, -0.2) is 49.2 Å². The maximum absolute atomic E-state index is 11.8. The number of nitrogens with zero attached hydrogens (tertiary/aromatic N) is 1. The van der Waals surface area contributed by atoms with Gasteiger partial charge in [0.25, 0.3) is 0 Å². The molecule has 1 atom stereocenters. The Morgan fingerprint density at radius 3 is 2.63 bits per heavy atom. The first-order chi connectivity index (χ1) is 8.76. The van der Waals surface area contributed by atoms with Gasteiger partial charge in [-0.25, -0.2) is 4.79 Å². The first kappa shape index (κ1) is 15.7. The highest BCUT2D eigenvalue weighted by Gasteiger charge is 2.28. The van der Waals surface area contributed by atoms with E-state index in [1.165, 1.54) is 0 Å². The van der Waals surface area contributed by atoms with Crippen LogP contribution in [-0.2, 0) is 4.79 Å². The lowest BCUT2D eigenvalue weighted by atomic mass is 10.0. The zero-order chi connectivity index (χ0) is 14.5. The molecular formula is C11H18F3N3O2. The molecule has 0 aromatic rings. The molecule has 3 amide bonds. The fraction of sp³-hybridized carbons (Fsp3) is 0.818. The quantitative estimate of drug-likeness (QED) is 0.814. The van der Waals surface area contributed by atoms with Crippen LogP contribution in [0, 0.1) is 5.92 Å². The lowest BCUT2D eigenvalue weighted by molar-refractivity contribution is -0.125. The Balaban J connectivity index is 2.25. The Hall–Kier alpha value is -1.31. The minimum Gasteiger partial charge on any atom is -0.329 e. The number of hydrogen-bond donors (Lipinski definition) is 2. The molecule has 2 N–H and O–H groups in total. The van der Waals surface area contributed by atoms with E-state index in [0.29, 0.717) is 5.92 Å². The maximum Gasteiger partial charge on any atom is 0.405 e. The summed E-state index contributed by atoms with van der Waals surface area (Å²) in [5, 5.41) is 3.47. The van der Waals surface area contributed by atoms with Gasteiger partial charge in [-0.2, -0.15) is 13.2 Å². The van der Waals surface area contributed by atoms with Crippen LogP contribution in [0.15, 0.2) is 0 Å². The molecule has 0 aromatic carbocycles. The first-order valence-electron chi connectivity index (χ1n) is 6.13. The molecule has 0 aliphatic carbocycles. The minimum atomic E-state index is -4.48. The van der Waals surface area contributed by atoms with Crippen LogP contribution in [0.3, 0.4) is 0 Å². The van der Waals surface area contributed by atoms with E-state index in [1.54, 1.807) is 5.32 Å². The molecule has 1 aliphatic rings. The zero-order valence-electron chi connectivity index (χ0n) is 10.7. The molecule has 0 saturated carbocycles. The van der Waals surface area contributed by atoms with Crippen molar-refractivity contribution in [1.82, 2.24) is 15.5 Å². The van der Waals surface area contributed by atoms with Crippen LogP contribution < -0.4 is 10.6 Å². The van der Waals surface area contributed by atoms with Crippen LogP contribution in [0.4, 0.5) is 18.0 Å². The molecule has 8 heteroatoms. The molecule has 1 heterocycles. The standard InChI is InChI=1S/C11H18F3N3O2/c1-8-3-2-4-17(5-8)6-9(18)16-10(19)15-7-11(12,13)14/h8H,2-7H2,1H3,(H2,15,16,18,19). The summed E-state index contributed by atoms with van der Waals surface area (Å²) in [6.45, 7) is 2.18. The second kappa shape index (κ2) is 6.74. The molecule has 110 valence electrons. The van der Waals surface area contributed by atoms with E-state index in [2.05, 4.69) is 6.92 Å². The Morgan fingerprint density at radius 2 is 2.05 bits per heavy atom. The van der Waals surface area contributed by atoms with E-state index in [0.717, 1.165) is 25.9 Å². The highest BCUT2D eigenvalue weighted by Crippen LogP contribution is 2.14. The van der Waals surface area contributed by atoms with E-state index in [1.807, 2.05) is 10.2 Å². The highest BCUT2D eigenvalue weighted by molar-refractivity contribution is 5.95. The van der Waals surface area contributed by atoms with Crippen molar-refractivity contribution >= 4 is 11.9 Å². The molecule has 0 bridgehead atoms. The number of imide groups is 1. The van der Waals surface area contributed by atoms with Gasteiger partial charge in [0.15, 0.2) is 0 Å². The molecule has 0 spiro atoms. The lowest BCUT2D eigenvalue weighted by Crippen LogP contribution is -2.48. The van der Waals surface area contributed by atoms with Gasteiger partial charge in [0.2, 0.25) is 5.91 Å². The van der Waals surface area contributed by atoms with Gasteiger partial charge < -0.3 is 5.32 Å². The maximum atomic E-state index is 11.8. The number of piperidine rings is 1. The molecule has 19 heavy (non-hydrogen) atoms. The third-order valence-corrected chi connectivity index (χ3v) is 2.81. The second-order valence-electron chi connectivity index (χ2n) is 4.83. The van der Waals surface area contributed by atoms with Crippen LogP contribution in [0.25, 0.3) is 0 Å². The number of amides is 3. The summed E-state index contributed by atoms with van der Waals surface area (Å²) >= 11 is 0. The number of carbonyl (C=O) groups excluding carboxylic acids is 2. The number of rotatable bonds is 3. The molecule has 0 aromatic heterocycles. The van der Waals surface area contributed by atoms with Crippen LogP contribution in [0.2, 0.25) is 0 Å². The van der Waals surface area contributed by atoms with Crippen molar-refractivity contribution in [3.63, 3.8) is 0 Å². The number of nitrogens with one attached hydrogen (secondary N) is 2. The minimum absolute atomic E-state index is 0.0315. The smallest absolute Gasteiger partial charge is 0.329 e. The normalized spacial score (nSPS) is 20.9. The van der Waals surface area contributed by atoms with Crippen LogP contribution in [0.1, 0.15) is 19.8 Å². The average Bonchev–Trinajstić information content (AvgIpc) is 2.25. The van der Waals surface area contributed by atoms with Gasteiger partial charge in [-0.15, -0.1) is 0 Å². The Morgan fingerprint density at radius 1 is 1.37 bits per heavy atom. The van der Waals surface area contributed by atoms with Gasteiger partial charge in [-0.3, -0.25) is 15.0 Å². The van der Waals surface area contributed by atoms with Crippen LogP contribution >= 0.6 is 0 Å². The zero-order valence-corrected chi connectivity index (χ0v) is 10.7. The third kappa shape index (κ3) is 7.00. The molecular weight excluding hydrogens is 263 g/mol. The van der Waals surface area contributed by atoms with Crippen molar-refractivity contribution in [1.29, 1.82) is 0 Å². The number of urea groups is 1. The Bertz CT molecular complexity index is 334. The average molecular weight is 281 g/mol. The Kier molecular flexibility index (Phi) is 5.59. The lowest BCUT2D eigenvalue weighted by Gasteiger charge is -2.29. The van der Waals surface area contributed by atoms with Crippen molar-refractivity contribution in [2.24, 2.45) is 5.92 Å².